The second-order valence-electron chi connectivity index (χ2n) is 5.09. The van der Waals surface area contributed by atoms with E-state index in [1.54, 1.807) is 0 Å². The largest absolute Gasteiger partial charge is 0.331 e. The highest BCUT2D eigenvalue weighted by Crippen LogP contribution is 2.34. The van der Waals surface area contributed by atoms with Gasteiger partial charge in [0.05, 0.1) is 18.3 Å². The molecule has 0 saturated heterocycles. The van der Waals surface area contributed by atoms with Gasteiger partial charge in [-0.1, -0.05) is 48.5 Å². The van der Waals surface area contributed by atoms with E-state index in [2.05, 4.69) is 64.3 Å². The molecule has 0 radical (unpaired) electrons. The summed E-state index contributed by atoms with van der Waals surface area (Å²) in [4.78, 5) is 4.61. The van der Waals surface area contributed by atoms with E-state index in [1.165, 1.54) is 22.3 Å². The molecule has 0 atom stereocenters. The molecule has 3 aromatic rings. The van der Waals surface area contributed by atoms with Crippen molar-refractivity contribution in [3.63, 3.8) is 0 Å². The van der Waals surface area contributed by atoms with Crippen LogP contribution in [0, 0.1) is 0 Å². The molecule has 2 heterocycles. The molecule has 2 heteroatoms. The Labute approximate surface area is 118 Å². The predicted octanol–water partition coefficient (Wildman–Crippen LogP) is 3.26. The van der Waals surface area contributed by atoms with Gasteiger partial charge in [0.25, 0.3) is 0 Å². The molecule has 2 nitrogen and oxygen atoms in total. The van der Waals surface area contributed by atoms with Crippen LogP contribution in [0.2, 0.25) is 0 Å². The van der Waals surface area contributed by atoms with E-state index < -0.39 is 0 Å². The molecule has 1 aromatic heterocycles. The molecular formula is C18H15N2+. The Morgan fingerprint density at radius 2 is 1.80 bits per heavy atom. The van der Waals surface area contributed by atoms with Crippen LogP contribution in [0.25, 0.3) is 22.5 Å². The number of aryl methyl sites for hydroxylation is 2. The number of nitrogens with zero attached hydrogens (tertiary/aromatic N) is 2. The van der Waals surface area contributed by atoms with Crippen LogP contribution in [-0.2, 0) is 13.0 Å². The monoisotopic (exact) mass is 259 g/mol. The highest BCUT2D eigenvalue weighted by Gasteiger charge is 2.26. The Morgan fingerprint density at radius 1 is 0.900 bits per heavy atom. The third-order valence-electron chi connectivity index (χ3n) is 3.90. The van der Waals surface area contributed by atoms with Gasteiger partial charge in [0.15, 0.2) is 0 Å². The van der Waals surface area contributed by atoms with Crippen molar-refractivity contribution in [2.75, 3.05) is 0 Å². The Hall–Kier alpha value is -2.48. The summed E-state index contributed by atoms with van der Waals surface area (Å²) in [6.07, 6.45) is 5.06. The maximum absolute atomic E-state index is 4.61. The number of hydrogen-bond acceptors (Lipinski definition) is 1. The van der Waals surface area contributed by atoms with Crippen LogP contribution in [0.5, 0.6) is 0 Å². The van der Waals surface area contributed by atoms with Gasteiger partial charge >= 0.3 is 5.82 Å². The fourth-order valence-corrected chi connectivity index (χ4v) is 2.96. The molecule has 0 N–H and O–H groups in total. The minimum Gasteiger partial charge on any atom is -0.230 e. The van der Waals surface area contributed by atoms with Crippen LogP contribution in [0.1, 0.15) is 5.56 Å². The summed E-state index contributed by atoms with van der Waals surface area (Å²) in [5.41, 5.74) is 5.20. The summed E-state index contributed by atoms with van der Waals surface area (Å²) in [6, 6.07) is 19.1. The van der Waals surface area contributed by atoms with Crippen molar-refractivity contribution in [2.45, 2.75) is 13.0 Å². The molecule has 0 amide bonds. The van der Waals surface area contributed by atoms with Gasteiger partial charge < -0.3 is 0 Å². The van der Waals surface area contributed by atoms with Crippen molar-refractivity contribution in [1.82, 2.24) is 4.98 Å². The van der Waals surface area contributed by atoms with Gasteiger partial charge in [-0.25, -0.2) is 4.57 Å². The minimum atomic E-state index is 1.01. The maximum Gasteiger partial charge on any atom is 0.331 e. The number of aromatic nitrogens is 2. The van der Waals surface area contributed by atoms with Crippen LogP contribution in [0.3, 0.4) is 0 Å². The fourth-order valence-electron chi connectivity index (χ4n) is 2.96. The van der Waals surface area contributed by atoms with E-state index >= 15 is 0 Å². The normalized spacial score (nSPS) is 12.6. The zero-order chi connectivity index (χ0) is 13.4. The lowest BCUT2D eigenvalue weighted by atomic mass is 9.91. The SMILES string of the molecule is c1ccc(-c2cccc3c2-c2nccc[n+]2CC3)cc1. The van der Waals surface area contributed by atoms with Crippen molar-refractivity contribution < 1.29 is 4.57 Å². The highest BCUT2D eigenvalue weighted by atomic mass is 15.0. The Kier molecular flexibility index (Phi) is 2.59. The van der Waals surface area contributed by atoms with E-state index in [1.807, 2.05) is 12.3 Å². The summed E-state index contributed by atoms with van der Waals surface area (Å²) >= 11 is 0. The quantitative estimate of drug-likeness (QED) is 0.613. The van der Waals surface area contributed by atoms with Crippen LogP contribution < -0.4 is 4.57 Å². The second kappa shape index (κ2) is 4.57. The molecule has 1 aliphatic heterocycles. The van der Waals surface area contributed by atoms with E-state index in [4.69, 9.17) is 0 Å². The van der Waals surface area contributed by atoms with Gasteiger partial charge in [-0.15, -0.1) is 0 Å². The Bertz CT molecular complexity index is 763. The van der Waals surface area contributed by atoms with Crippen molar-refractivity contribution >= 4 is 0 Å². The lowest BCUT2D eigenvalue weighted by Crippen LogP contribution is -2.40. The molecular weight excluding hydrogens is 244 g/mol. The average Bonchev–Trinajstić information content (AvgIpc) is 2.55. The summed E-state index contributed by atoms with van der Waals surface area (Å²) in [5.74, 6) is 1.08. The van der Waals surface area contributed by atoms with Gasteiger partial charge in [-0.2, -0.15) is 0 Å². The first-order valence-electron chi connectivity index (χ1n) is 6.95. The first-order chi connectivity index (χ1) is 9.93. The first-order valence-corrected chi connectivity index (χ1v) is 6.95. The molecule has 96 valence electrons. The van der Waals surface area contributed by atoms with Crippen LogP contribution in [0.15, 0.2) is 67.0 Å². The van der Waals surface area contributed by atoms with Gasteiger partial charge in [-0.05, 0) is 21.7 Å². The van der Waals surface area contributed by atoms with E-state index in [9.17, 15) is 0 Å². The fraction of sp³-hybridized carbons (Fsp3) is 0.111. The number of benzene rings is 2. The predicted molar refractivity (Wildman–Crippen MR) is 79.0 cm³/mol. The van der Waals surface area contributed by atoms with Crippen molar-refractivity contribution in [1.29, 1.82) is 0 Å². The molecule has 0 fully saturated rings. The Morgan fingerprint density at radius 3 is 2.70 bits per heavy atom. The first kappa shape index (κ1) is 11.4. The number of fused-ring (bicyclic) bond motifs is 3. The molecule has 20 heavy (non-hydrogen) atoms. The van der Waals surface area contributed by atoms with Gasteiger partial charge in [-0.3, -0.25) is 0 Å². The highest BCUT2D eigenvalue weighted by molar-refractivity contribution is 5.82. The third-order valence-corrected chi connectivity index (χ3v) is 3.90. The standard InChI is InChI=1S/C18H15N2/c1-2-6-14(7-3-1)16-9-4-8-15-10-13-20-12-5-11-19-18(20)17(15)16/h1-9,11-12H,10,13H2/q+1. The van der Waals surface area contributed by atoms with Gasteiger partial charge in [0.2, 0.25) is 0 Å². The number of hydrogen-bond donors (Lipinski definition) is 0. The average molecular weight is 259 g/mol. The maximum atomic E-state index is 4.61. The van der Waals surface area contributed by atoms with Crippen molar-refractivity contribution in [3.05, 3.63) is 72.6 Å². The zero-order valence-corrected chi connectivity index (χ0v) is 11.2. The minimum absolute atomic E-state index is 1.01. The van der Waals surface area contributed by atoms with Crippen molar-refractivity contribution in [2.24, 2.45) is 0 Å². The summed E-state index contributed by atoms with van der Waals surface area (Å²) in [7, 11) is 0. The lowest BCUT2D eigenvalue weighted by molar-refractivity contribution is -0.690. The van der Waals surface area contributed by atoms with Gasteiger partial charge in [0, 0.05) is 12.5 Å². The molecule has 0 aliphatic carbocycles. The van der Waals surface area contributed by atoms with Crippen molar-refractivity contribution in [3.8, 4) is 22.5 Å². The van der Waals surface area contributed by atoms with E-state index in [0.717, 1.165) is 18.8 Å². The molecule has 0 saturated carbocycles. The van der Waals surface area contributed by atoms with Crippen LogP contribution >= 0.6 is 0 Å². The smallest absolute Gasteiger partial charge is 0.230 e. The lowest BCUT2D eigenvalue weighted by Gasteiger charge is -2.17. The summed E-state index contributed by atoms with van der Waals surface area (Å²) in [6.45, 7) is 1.01. The topological polar surface area (TPSA) is 16.8 Å². The Balaban J connectivity index is 2.01. The van der Waals surface area contributed by atoms with E-state index in [-0.39, 0.29) is 0 Å². The van der Waals surface area contributed by atoms with E-state index in [0.29, 0.717) is 0 Å². The molecule has 0 unspecified atom stereocenters. The van der Waals surface area contributed by atoms with Crippen LogP contribution in [0.4, 0.5) is 0 Å². The summed E-state index contributed by atoms with van der Waals surface area (Å²) in [5, 5.41) is 0. The summed E-state index contributed by atoms with van der Waals surface area (Å²) < 4.78 is 2.24. The molecule has 0 spiro atoms. The molecule has 1 aliphatic rings. The molecule has 2 aromatic carbocycles. The third kappa shape index (κ3) is 1.73. The van der Waals surface area contributed by atoms with Gasteiger partial charge in [0.1, 0.15) is 6.20 Å². The zero-order valence-electron chi connectivity index (χ0n) is 11.2. The number of rotatable bonds is 1. The molecule has 0 bridgehead atoms. The van der Waals surface area contributed by atoms with Crippen LogP contribution in [-0.4, -0.2) is 4.98 Å². The molecule has 4 rings (SSSR count). The second-order valence-corrected chi connectivity index (χ2v) is 5.09.